The van der Waals surface area contributed by atoms with Gasteiger partial charge < -0.3 is 14.6 Å². The summed E-state index contributed by atoms with van der Waals surface area (Å²) < 4.78 is 12.8. The number of ether oxygens (including phenoxy) is 1. The lowest BCUT2D eigenvalue weighted by atomic mass is 9.92. The fraction of sp³-hybridized carbons (Fsp3) is 0.381. The number of amides is 1. The van der Waals surface area contributed by atoms with E-state index in [2.05, 4.69) is 27.7 Å². The molecule has 0 radical (unpaired) electrons. The molecule has 4 rings (SSSR count). The molecule has 0 aliphatic heterocycles. The average Bonchev–Trinajstić information content (AvgIpc) is 3.35. The van der Waals surface area contributed by atoms with Crippen LogP contribution in [0, 0.1) is 0 Å². The lowest BCUT2D eigenvalue weighted by Crippen LogP contribution is -2.25. The van der Waals surface area contributed by atoms with Gasteiger partial charge in [0, 0.05) is 25.9 Å². The van der Waals surface area contributed by atoms with E-state index in [1.165, 1.54) is 24.0 Å². The van der Waals surface area contributed by atoms with Crippen LogP contribution in [0.3, 0.4) is 0 Å². The second-order valence-electron chi connectivity index (χ2n) is 7.13. The first-order valence-corrected chi connectivity index (χ1v) is 9.63. The highest BCUT2D eigenvalue weighted by atomic mass is 16.5. The molecule has 1 aromatic carbocycles. The van der Waals surface area contributed by atoms with Crippen molar-refractivity contribution < 1.29 is 14.1 Å². The Morgan fingerprint density at radius 1 is 1.25 bits per heavy atom. The van der Waals surface area contributed by atoms with Crippen LogP contribution in [0.5, 0.6) is 5.75 Å². The zero-order chi connectivity index (χ0) is 19.3. The molecule has 7 heteroatoms. The number of aromatic nitrogens is 3. The van der Waals surface area contributed by atoms with Gasteiger partial charge in [0.1, 0.15) is 12.4 Å². The molecule has 0 fully saturated rings. The third-order valence-corrected chi connectivity index (χ3v) is 4.95. The lowest BCUT2D eigenvalue weighted by Gasteiger charge is -2.16. The van der Waals surface area contributed by atoms with Crippen molar-refractivity contribution in [1.29, 1.82) is 0 Å². The Labute approximate surface area is 163 Å². The number of rotatable bonds is 7. The van der Waals surface area contributed by atoms with E-state index in [0.29, 0.717) is 18.7 Å². The maximum absolute atomic E-state index is 12.2. The minimum Gasteiger partial charge on any atom is -0.486 e. The fourth-order valence-electron chi connectivity index (χ4n) is 3.45. The molecule has 7 nitrogen and oxygen atoms in total. The number of nitrogens with zero attached hydrogens (tertiary/aromatic N) is 3. The SMILES string of the molecule is Cn1cc(CCNC(=O)c2cc(COc3ccc4c(c3)CCCC4)on2)cn1. The molecule has 1 aliphatic rings. The minimum atomic E-state index is -0.257. The molecule has 28 heavy (non-hydrogen) atoms. The van der Waals surface area contributed by atoms with E-state index in [9.17, 15) is 4.79 Å². The zero-order valence-electron chi connectivity index (χ0n) is 16.0. The van der Waals surface area contributed by atoms with Crippen LogP contribution in [0.1, 0.15) is 45.8 Å². The van der Waals surface area contributed by atoms with Crippen molar-refractivity contribution in [1.82, 2.24) is 20.3 Å². The van der Waals surface area contributed by atoms with E-state index in [1.54, 1.807) is 16.9 Å². The number of hydrogen-bond donors (Lipinski definition) is 1. The van der Waals surface area contributed by atoms with Gasteiger partial charge in [-0.1, -0.05) is 11.2 Å². The van der Waals surface area contributed by atoms with Crippen LogP contribution >= 0.6 is 0 Å². The van der Waals surface area contributed by atoms with Crippen LogP contribution in [-0.4, -0.2) is 27.4 Å². The predicted molar refractivity (Wildman–Crippen MR) is 103 cm³/mol. The van der Waals surface area contributed by atoms with E-state index in [4.69, 9.17) is 9.26 Å². The maximum Gasteiger partial charge on any atom is 0.273 e. The molecule has 1 amide bonds. The van der Waals surface area contributed by atoms with E-state index in [-0.39, 0.29) is 18.2 Å². The van der Waals surface area contributed by atoms with Crippen LogP contribution in [0.2, 0.25) is 0 Å². The minimum absolute atomic E-state index is 0.245. The lowest BCUT2D eigenvalue weighted by molar-refractivity contribution is 0.0944. The predicted octanol–water partition coefficient (Wildman–Crippen LogP) is 2.84. The monoisotopic (exact) mass is 380 g/mol. The number of nitrogens with one attached hydrogen (secondary N) is 1. The molecular formula is C21H24N4O3. The van der Waals surface area contributed by atoms with E-state index >= 15 is 0 Å². The summed E-state index contributed by atoms with van der Waals surface area (Å²) in [4.78, 5) is 12.2. The van der Waals surface area contributed by atoms with Crippen LogP contribution < -0.4 is 10.1 Å². The van der Waals surface area contributed by atoms with Crippen LogP contribution in [-0.2, 0) is 32.9 Å². The number of benzene rings is 1. The Hall–Kier alpha value is -3.09. The van der Waals surface area contributed by atoms with Gasteiger partial charge in [0.15, 0.2) is 11.5 Å². The van der Waals surface area contributed by atoms with Crippen LogP contribution in [0.15, 0.2) is 41.2 Å². The maximum atomic E-state index is 12.2. The number of hydrogen-bond acceptors (Lipinski definition) is 5. The molecule has 2 heterocycles. The van der Waals surface area contributed by atoms with Gasteiger partial charge in [-0.15, -0.1) is 0 Å². The Kier molecular flexibility index (Phi) is 5.41. The first-order chi connectivity index (χ1) is 13.7. The number of carbonyl (C=O) groups excluding carboxylic acids is 1. The molecule has 0 atom stereocenters. The van der Waals surface area contributed by atoms with Crippen molar-refractivity contribution in [3.8, 4) is 5.75 Å². The first-order valence-electron chi connectivity index (χ1n) is 9.63. The van der Waals surface area contributed by atoms with Gasteiger partial charge in [0.25, 0.3) is 5.91 Å². The zero-order valence-corrected chi connectivity index (χ0v) is 16.0. The van der Waals surface area contributed by atoms with Crippen molar-refractivity contribution in [2.24, 2.45) is 7.05 Å². The normalized spacial score (nSPS) is 13.2. The smallest absolute Gasteiger partial charge is 0.273 e. The molecular weight excluding hydrogens is 356 g/mol. The second kappa shape index (κ2) is 8.29. The molecule has 146 valence electrons. The highest BCUT2D eigenvalue weighted by molar-refractivity contribution is 5.92. The van der Waals surface area contributed by atoms with Gasteiger partial charge in [-0.2, -0.15) is 5.10 Å². The summed E-state index contributed by atoms with van der Waals surface area (Å²) in [6, 6.07) is 7.87. The summed E-state index contributed by atoms with van der Waals surface area (Å²) in [6.45, 7) is 0.757. The third kappa shape index (κ3) is 4.42. The van der Waals surface area contributed by atoms with Crippen LogP contribution in [0.4, 0.5) is 0 Å². The summed E-state index contributed by atoms with van der Waals surface area (Å²) >= 11 is 0. The quantitative estimate of drug-likeness (QED) is 0.682. The van der Waals surface area contributed by atoms with E-state index in [0.717, 1.165) is 24.2 Å². The Balaban J connectivity index is 1.27. The van der Waals surface area contributed by atoms with Gasteiger partial charge in [-0.05, 0) is 60.9 Å². The number of fused-ring (bicyclic) bond motifs is 1. The summed E-state index contributed by atoms with van der Waals surface area (Å²) in [5, 5.41) is 10.8. The summed E-state index contributed by atoms with van der Waals surface area (Å²) in [6.07, 6.45) is 9.19. The molecule has 3 aromatic rings. The summed E-state index contributed by atoms with van der Waals surface area (Å²) in [7, 11) is 1.87. The van der Waals surface area contributed by atoms with Crippen LogP contribution in [0.25, 0.3) is 0 Å². The Morgan fingerprint density at radius 2 is 2.11 bits per heavy atom. The molecule has 0 saturated heterocycles. The third-order valence-electron chi connectivity index (χ3n) is 4.95. The van der Waals surface area contributed by atoms with Gasteiger partial charge in [-0.3, -0.25) is 9.48 Å². The molecule has 1 aliphatic carbocycles. The van der Waals surface area contributed by atoms with E-state index < -0.39 is 0 Å². The largest absolute Gasteiger partial charge is 0.486 e. The molecule has 2 aromatic heterocycles. The fourth-order valence-corrected chi connectivity index (χ4v) is 3.45. The number of aryl methyl sites for hydroxylation is 3. The first kappa shape index (κ1) is 18.3. The van der Waals surface area contributed by atoms with Crippen molar-refractivity contribution in [2.45, 2.75) is 38.7 Å². The van der Waals surface area contributed by atoms with Crippen molar-refractivity contribution in [3.63, 3.8) is 0 Å². The molecule has 1 N–H and O–H groups in total. The Morgan fingerprint density at radius 3 is 2.93 bits per heavy atom. The van der Waals surface area contributed by atoms with Gasteiger partial charge in [0.05, 0.1) is 6.20 Å². The summed E-state index contributed by atoms with van der Waals surface area (Å²) in [5.41, 5.74) is 4.12. The second-order valence-corrected chi connectivity index (χ2v) is 7.13. The highest BCUT2D eigenvalue weighted by Gasteiger charge is 2.14. The van der Waals surface area contributed by atoms with E-state index in [1.807, 2.05) is 19.3 Å². The molecule has 0 saturated carbocycles. The average molecular weight is 380 g/mol. The summed E-state index contributed by atoms with van der Waals surface area (Å²) in [5.74, 6) is 1.09. The molecule has 0 spiro atoms. The van der Waals surface area contributed by atoms with Crippen molar-refractivity contribution in [2.75, 3.05) is 6.54 Å². The number of carbonyl (C=O) groups is 1. The van der Waals surface area contributed by atoms with Gasteiger partial charge >= 0.3 is 0 Å². The standard InChI is InChI=1S/C21H24N4O3/c1-25-13-15(12-23-25)8-9-22-21(26)20-11-19(28-24-20)14-27-18-7-6-16-4-2-3-5-17(16)10-18/h6-7,10-13H,2-5,8-9,14H2,1H3,(H,22,26). The Bertz CT molecular complexity index is 960. The van der Waals surface area contributed by atoms with Crippen molar-refractivity contribution >= 4 is 5.91 Å². The highest BCUT2D eigenvalue weighted by Crippen LogP contribution is 2.25. The van der Waals surface area contributed by atoms with Crippen molar-refractivity contribution in [3.05, 3.63) is 64.8 Å². The topological polar surface area (TPSA) is 82.2 Å². The molecule has 0 bridgehead atoms. The van der Waals surface area contributed by atoms with Gasteiger partial charge in [-0.25, -0.2) is 0 Å². The molecule has 0 unspecified atom stereocenters. The van der Waals surface area contributed by atoms with Gasteiger partial charge in [0.2, 0.25) is 0 Å².